The van der Waals surface area contributed by atoms with E-state index in [0.29, 0.717) is 48.4 Å². The second kappa shape index (κ2) is 10.8. The molecule has 8 heteroatoms. The lowest BCUT2D eigenvalue weighted by Gasteiger charge is -2.21. The fraction of sp³-hybridized carbons (Fsp3) is 0.393. The van der Waals surface area contributed by atoms with E-state index in [1.807, 2.05) is 30.3 Å². The third-order valence-electron chi connectivity index (χ3n) is 6.66. The maximum atomic E-state index is 13.9. The van der Waals surface area contributed by atoms with Crippen LogP contribution in [0.25, 0.3) is 5.69 Å². The average molecular weight is 492 g/mol. The van der Waals surface area contributed by atoms with Crippen molar-refractivity contribution >= 4 is 5.91 Å². The zero-order chi connectivity index (χ0) is 25.8. The number of aromatic nitrogens is 2. The molecule has 1 aliphatic rings. The van der Waals surface area contributed by atoms with Gasteiger partial charge in [0.1, 0.15) is 23.0 Å². The Kier molecular flexibility index (Phi) is 7.62. The Hall–Kier alpha value is -3.81. The minimum atomic E-state index is -0.641. The molecule has 0 saturated carbocycles. The molecule has 8 nitrogen and oxygen atoms in total. The van der Waals surface area contributed by atoms with Crippen LogP contribution in [-0.2, 0) is 6.42 Å². The zero-order valence-electron chi connectivity index (χ0n) is 21.2. The Morgan fingerprint density at radius 2 is 1.75 bits per heavy atom. The van der Waals surface area contributed by atoms with Gasteiger partial charge in [0.05, 0.1) is 14.2 Å². The fourth-order valence-corrected chi connectivity index (χ4v) is 4.71. The molecule has 0 radical (unpaired) electrons. The largest absolute Gasteiger partial charge is 0.494 e. The summed E-state index contributed by atoms with van der Waals surface area (Å²) in [6.07, 6.45) is 1.95. The van der Waals surface area contributed by atoms with Crippen LogP contribution in [-0.4, -0.2) is 52.8 Å². The molecule has 0 unspecified atom stereocenters. The van der Waals surface area contributed by atoms with E-state index in [1.54, 1.807) is 23.1 Å². The van der Waals surface area contributed by atoms with Crippen LogP contribution in [0.3, 0.4) is 0 Å². The van der Waals surface area contributed by atoms with Crippen LogP contribution in [0.5, 0.6) is 17.4 Å². The van der Waals surface area contributed by atoms with Crippen molar-refractivity contribution in [3.05, 3.63) is 75.8 Å². The molecule has 36 heavy (non-hydrogen) atoms. The lowest BCUT2D eigenvalue weighted by Crippen LogP contribution is -2.37. The van der Waals surface area contributed by atoms with Crippen molar-refractivity contribution in [2.24, 2.45) is 5.92 Å². The standard InChI is InChI=1S/C28H33N3O5/c1-18(2)13-14-23-29-26(32)24(27(33)30-16-15-20(17-30)19-9-6-5-7-10-19)28(34)31(23)25-21(35-3)11-8-12-22(25)36-4/h5-12,18,20,32H,13-17H2,1-4H3/t20-/m0/s1. The summed E-state index contributed by atoms with van der Waals surface area (Å²) in [4.78, 5) is 33.5. The van der Waals surface area contributed by atoms with Crippen molar-refractivity contribution in [1.82, 2.24) is 14.5 Å². The maximum Gasteiger partial charge on any atom is 0.275 e. The van der Waals surface area contributed by atoms with Crippen LogP contribution in [0.2, 0.25) is 0 Å². The molecule has 1 aromatic heterocycles. The molecule has 1 atom stereocenters. The topological polar surface area (TPSA) is 93.9 Å². The van der Waals surface area contributed by atoms with Crippen LogP contribution >= 0.6 is 0 Å². The molecule has 1 aliphatic heterocycles. The van der Waals surface area contributed by atoms with E-state index < -0.39 is 17.3 Å². The van der Waals surface area contributed by atoms with Gasteiger partial charge in [0.15, 0.2) is 5.56 Å². The van der Waals surface area contributed by atoms with Crippen molar-refractivity contribution in [2.75, 3.05) is 27.3 Å². The molecule has 2 heterocycles. The summed E-state index contributed by atoms with van der Waals surface area (Å²) in [5, 5.41) is 10.8. The van der Waals surface area contributed by atoms with Gasteiger partial charge < -0.3 is 19.5 Å². The van der Waals surface area contributed by atoms with Gasteiger partial charge in [-0.2, -0.15) is 4.98 Å². The highest BCUT2D eigenvalue weighted by atomic mass is 16.5. The Labute approximate surface area is 211 Å². The molecule has 0 spiro atoms. The first-order valence-corrected chi connectivity index (χ1v) is 12.3. The van der Waals surface area contributed by atoms with E-state index >= 15 is 0 Å². The molecule has 1 amide bonds. The van der Waals surface area contributed by atoms with Gasteiger partial charge in [-0.1, -0.05) is 50.2 Å². The monoisotopic (exact) mass is 491 g/mol. The number of likely N-dealkylation sites (tertiary alicyclic amines) is 1. The number of benzene rings is 2. The second-order valence-corrected chi connectivity index (χ2v) is 9.46. The molecule has 0 aliphatic carbocycles. The number of aryl methyl sites for hydroxylation is 1. The lowest BCUT2D eigenvalue weighted by atomic mass is 9.99. The van der Waals surface area contributed by atoms with Gasteiger partial charge in [-0.05, 0) is 36.5 Å². The number of rotatable bonds is 8. The van der Waals surface area contributed by atoms with Crippen molar-refractivity contribution in [1.29, 1.82) is 0 Å². The summed E-state index contributed by atoms with van der Waals surface area (Å²) in [7, 11) is 3.01. The highest BCUT2D eigenvalue weighted by molar-refractivity contribution is 5.96. The minimum Gasteiger partial charge on any atom is -0.494 e. The first-order chi connectivity index (χ1) is 17.3. The summed E-state index contributed by atoms with van der Waals surface area (Å²) in [5.74, 6) is 0.592. The number of ether oxygens (including phenoxy) is 2. The number of amides is 1. The highest BCUT2D eigenvalue weighted by Gasteiger charge is 2.33. The second-order valence-electron chi connectivity index (χ2n) is 9.46. The fourth-order valence-electron chi connectivity index (χ4n) is 4.71. The van der Waals surface area contributed by atoms with Crippen molar-refractivity contribution in [2.45, 2.75) is 39.0 Å². The SMILES string of the molecule is COc1cccc(OC)c1-n1c(CCC(C)C)nc(O)c(C(=O)N2CC[C@H](c3ccccc3)C2)c1=O. The van der Waals surface area contributed by atoms with E-state index in [0.717, 1.165) is 18.4 Å². The van der Waals surface area contributed by atoms with Crippen LogP contribution in [0.1, 0.15) is 54.4 Å². The number of para-hydroxylation sites is 1. The van der Waals surface area contributed by atoms with Crippen molar-refractivity contribution in [3.63, 3.8) is 0 Å². The number of hydrogen-bond acceptors (Lipinski definition) is 6. The molecule has 1 N–H and O–H groups in total. The van der Waals surface area contributed by atoms with Gasteiger partial charge in [0.2, 0.25) is 5.88 Å². The van der Waals surface area contributed by atoms with Gasteiger partial charge in [0.25, 0.3) is 11.5 Å². The number of carbonyl (C=O) groups excluding carboxylic acids is 1. The molecule has 2 aromatic carbocycles. The normalized spacial score (nSPS) is 15.4. The van der Waals surface area contributed by atoms with E-state index in [1.165, 1.54) is 18.8 Å². The quantitative estimate of drug-likeness (QED) is 0.508. The van der Waals surface area contributed by atoms with Crippen LogP contribution in [0.4, 0.5) is 0 Å². The van der Waals surface area contributed by atoms with Gasteiger partial charge in [-0.15, -0.1) is 0 Å². The smallest absolute Gasteiger partial charge is 0.275 e. The molecular weight excluding hydrogens is 458 g/mol. The van der Waals surface area contributed by atoms with E-state index in [2.05, 4.69) is 18.8 Å². The van der Waals surface area contributed by atoms with Crippen molar-refractivity contribution in [3.8, 4) is 23.1 Å². The molecule has 1 saturated heterocycles. The van der Waals surface area contributed by atoms with Gasteiger partial charge >= 0.3 is 0 Å². The highest BCUT2D eigenvalue weighted by Crippen LogP contribution is 2.34. The number of hydrogen-bond donors (Lipinski definition) is 1. The van der Waals surface area contributed by atoms with E-state index in [9.17, 15) is 14.7 Å². The Morgan fingerprint density at radius 1 is 1.08 bits per heavy atom. The Bertz CT molecular complexity index is 1260. The Balaban J connectivity index is 1.81. The van der Waals surface area contributed by atoms with Gasteiger partial charge in [-0.3, -0.25) is 14.2 Å². The van der Waals surface area contributed by atoms with Crippen molar-refractivity contribution < 1.29 is 19.4 Å². The zero-order valence-corrected chi connectivity index (χ0v) is 21.2. The number of aromatic hydroxyl groups is 1. The lowest BCUT2D eigenvalue weighted by molar-refractivity contribution is 0.0784. The predicted octanol–water partition coefficient (Wildman–Crippen LogP) is 4.17. The summed E-state index contributed by atoms with van der Waals surface area (Å²) < 4.78 is 12.5. The number of carbonyl (C=O) groups is 1. The maximum absolute atomic E-state index is 13.9. The first kappa shape index (κ1) is 25.3. The summed E-state index contributed by atoms with van der Waals surface area (Å²) in [6.45, 7) is 5.10. The van der Waals surface area contributed by atoms with Crippen LogP contribution in [0, 0.1) is 5.92 Å². The number of nitrogens with zero attached hydrogens (tertiary/aromatic N) is 3. The molecule has 4 rings (SSSR count). The Morgan fingerprint density at radius 3 is 2.36 bits per heavy atom. The third-order valence-corrected chi connectivity index (χ3v) is 6.66. The minimum absolute atomic E-state index is 0.173. The molecular formula is C28H33N3O5. The molecule has 0 bridgehead atoms. The third kappa shape index (κ3) is 4.94. The number of methoxy groups -OCH3 is 2. The first-order valence-electron chi connectivity index (χ1n) is 12.3. The van der Waals surface area contributed by atoms with E-state index in [4.69, 9.17) is 9.47 Å². The summed E-state index contributed by atoms with van der Waals surface area (Å²) >= 11 is 0. The molecule has 1 fully saturated rings. The summed E-state index contributed by atoms with van der Waals surface area (Å²) in [6, 6.07) is 15.2. The summed E-state index contributed by atoms with van der Waals surface area (Å²) in [5.41, 5.74) is 0.522. The van der Waals surface area contributed by atoms with Gasteiger partial charge in [0, 0.05) is 25.4 Å². The average Bonchev–Trinajstić information content (AvgIpc) is 3.38. The van der Waals surface area contributed by atoms with Crippen LogP contribution < -0.4 is 15.0 Å². The van der Waals surface area contributed by atoms with E-state index in [-0.39, 0.29) is 11.5 Å². The molecule has 190 valence electrons. The predicted molar refractivity (Wildman–Crippen MR) is 137 cm³/mol. The molecule has 3 aromatic rings. The van der Waals surface area contributed by atoms with Crippen LogP contribution in [0.15, 0.2) is 53.3 Å². The van der Waals surface area contributed by atoms with Gasteiger partial charge in [-0.25, -0.2) is 0 Å².